The van der Waals surface area contributed by atoms with E-state index in [-0.39, 0.29) is 18.2 Å². The minimum atomic E-state index is -0.319. The van der Waals surface area contributed by atoms with Gasteiger partial charge in [-0.05, 0) is 67.9 Å². The third-order valence-electron chi connectivity index (χ3n) is 5.17. The lowest BCUT2D eigenvalue weighted by Crippen LogP contribution is -2.02. The summed E-state index contributed by atoms with van der Waals surface area (Å²) in [6.45, 7) is 3.91. The van der Waals surface area contributed by atoms with Gasteiger partial charge < -0.3 is 9.40 Å². The van der Waals surface area contributed by atoms with Crippen molar-refractivity contribution in [2.75, 3.05) is 0 Å². The maximum absolute atomic E-state index is 13.8. The molecule has 4 aromatic rings. The molecule has 0 bridgehead atoms. The molecule has 4 rings (SSSR count). The number of halogens is 2. The van der Waals surface area contributed by atoms with Crippen LogP contribution in [0.15, 0.2) is 90.1 Å². The molecule has 0 saturated carbocycles. The summed E-state index contributed by atoms with van der Waals surface area (Å²) in [6, 6.07) is 24.8. The third kappa shape index (κ3) is 4.40. The van der Waals surface area contributed by atoms with E-state index in [1.165, 1.54) is 18.2 Å². The Labute approximate surface area is 180 Å². The van der Waals surface area contributed by atoms with E-state index in [1.807, 2.05) is 50.2 Å². The molecule has 0 amide bonds. The number of hydrogen-bond acceptors (Lipinski definition) is 2. The Balaban J connectivity index is 1.71. The fourth-order valence-corrected chi connectivity index (χ4v) is 3.58. The molecule has 0 radical (unpaired) electrons. The first-order valence-corrected chi connectivity index (χ1v) is 9.98. The molecule has 0 spiro atoms. The molecule has 3 aromatic carbocycles. The molecule has 156 valence electrons. The standard InChI is InChI=1S/C26H22F2N2O/c1-18(29-31-17-21-8-6-7-11-25(21)28)24-16-26(20-12-14-22(27)15-13-20)30(19(24)2)23-9-4-3-5-10-23/h3-16H,17H2,1-2H3/b29-18-. The Kier molecular flexibility index (Phi) is 5.94. The predicted octanol–water partition coefficient (Wildman–Crippen LogP) is 6.67. The largest absolute Gasteiger partial charge is 0.391 e. The maximum Gasteiger partial charge on any atom is 0.145 e. The van der Waals surface area contributed by atoms with Gasteiger partial charge in [-0.15, -0.1) is 0 Å². The van der Waals surface area contributed by atoms with Crippen LogP contribution in [0.2, 0.25) is 0 Å². The summed E-state index contributed by atoms with van der Waals surface area (Å²) in [5.41, 5.74) is 5.79. The molecule has 0 fully saturated rings. The Bertz CT molecular complexity index is 1210. The number of nitrogens with zero attached hydrogens (tertiary/aromatic N) is 2. The fraction of sp³-hybridized carbons (Fsp3) is 0.115. The van der Waals surface area contributed by atoms with Gasteiger partial charge in [0, 0.05) is 22.5 Å². The number of hydrogen-bond donors (Lipinski definition) is 0. The van der Waals surface area contributed by atoms with Crippen LogP contribution in [0.25, 0.3) is 16.9 Å². The van der Waals surface area contributed by atoms with E-state index < -0.39 is 0 Å². The van der Waals surface area contributed by atoms with Gasteiger partial charge in [0.25, 0.3) is 0 Å². The van der Waals surface area contributed by atoms with Gasteiger partial charge >= 0.3 is 0 Å². The van der Waals surface area contributed by atoms with Crippen molar-refractivity contribution >= 4 is 5.71 Å². The molecule has 1 aromatic heterocycles. The Morgan fingerprint density at radius 2 is 1.58 bits per heavy atom. The summed E-state index contributed by atoms with van der Waals surface area (Å²) >= 11 is 0. The summed E-state index contributed by atoms with van der Waals surface area (Å²) < 4.78 is 29.4. The zero-order valence-corrected chi connectivity index (χ0v) is 17.3. The maximum atomic E-state index is 13.8. The van der Waals surface area contributed by atoms with Gasteiger partial charge in [0.05, 0.1) is 11.4 Å². The monoisotopic (exact) mass is 416 g/mol. The van der Waals surface area contributed by atoms with E-state index >= 15 is 0 Å². The molecule has 0 N–H and O–H groups in total. The number of oxime groups is 1. The SMILES string of the molecule is C/C(=N/OCc1ccccc1F)c1cc(-c2ccc(F)cc2)n(-c2ccccc2)c1C. The third-order valence-corrected chi connectivity index (χ3v) is 5.17. The van der Waals surface area contributed by atoms with E-state index in [0.717, 1.165) is 28.2 Å². The molecule has 0 aliphatic rings. The minimum absolute atomic E-state index is 0.0489. The van der Waals surface area contributed by atoms with Crippen LogP contribution in [0, 0.1) is 18.6 Å². The van der Waals surface area contributed by atoms with Crippen molar-refractivity contribution in [1.29, 1.82) is 0 Å². The van der Waals surface area contributed by atoms with Crippen LogP contribution in [-0.2, 0) is 11.4 Å². The molecule has 1 heterocycles. The van der Waals surface area contributed by atoms with Gasteiger partial charge in [0.1, 0.15) is 18.2 Å². The highest BCUT2D eigenvalue weighted by atomic mass is 19.1. The number of rotatable bonds is 6. The molecule has 3 nitrogen and oxygen atoms in total. The second kappa shape index (κ2) is 8.96. The quantitative estimate of drug-likeness (QED) is 0.255. The average molecular weight is 416 g/mol. The van der Waals surface area contributed by atoms with E-state index in [4.69, 9.17) is 4.84 Å². The highest BCUT2D eigenvalue weighted by Crippen LogP contribution is 2.30. The topological polar surface area (TPSA) is 26.5 Å². The highest BCUT2D eigenvalue weighted by Gasteiger charge is 2.17. The van der Waals surface area contributed by atoms with Gasteiger partial charge in [-0.3, -0.25) is 0 Å². The lowest BCUT2D eigenvalue weighted by Gasteiger charge is -2.12. The summed E-state index contributed by atoms with van der Waals surface area (Å²) in [4.78, 5) is 5.44. The Hall–Kier alpha value is -3.73. The van der Waals surface area contributed by atoms with Gasteiger partial charge in [-0.1, -0.05) is 41.6 Å². The van der Waals surface area contributed by atoms with Gasteiger partial charge in [-0.2, -0.15) is 0 Å². The minimum Gasteiger partial charge on any atom is -0.391 e. The zero-order chi connectivity index (χ0) is 21.8. The van der Waals surface area contributed by atoms with Crippen molar-refractivity contribution < 1.29 is 13.6 Å². The molecule has 5 heteroatoms. The lowest BCUT2D eigenvalue weighted by molar-refractivity contribution is 0.128. The first-order chi connectivity index (χ1) is 15.0. The van der Waals surface area contributed by atoms with Crippen LogP contribution < -0.4 is 0 Å². The first kappa shape index (κ1) is 20.5. The van der Waals surface area contributed by atoms with Gasteiger partial charge in [-0.25, -0.2) is 8.78 Å². The molecule has 0 atom stereocenters. The van der Waals surface area contributed by atoms with E-state index in [1.54, 1.807) is 30.3 Å². The highest BCUT2D eigenvalue weighted by molar-refractivity contribution is 6.01. The molecular formula is C26H22F2N2O. The van der Waals surface area contributed by atoms with E-state index in [2.05, 4.69) is 9.72 Å². The van der Waals surface area contributed by atoms with Crippen molar-refractivity contribution in [3.63, 3.8) is 0 Å². The van der Waals surface area contributed by atoms with Crippen molar-refractivity contribution in [3.8, 4) is 16.9 Å². The van der Waals surface area contributed by atoms with Crippen molar-refractivity contribution in [2.24, 2.45) is 5.16 Å². The molecule has 0 unspecified atom stereocenters. The Morgan fingerprint density at radius 1 is 0.903 bits per heavy atom. The second-order valence-electron chi connectivity index (χ2n) is 7.25. The van der Waals surface area contributed by atoms with Crippen molar-refractivity contribution in [3.05, 3.63) is 113 Å². The summed E-state index contributed by atoms with van der Waals surface area (Å²) in [5.74, 6) is -0.599. The molecule has 0 aliphatic heterocycles. The molecule has 31 heavy (non-hydrogen) atoms. The van der Waals surface area contributed by atoms with Crippen LogP contribution in [0.4, 0.5) is 8.78 Å². The van der Waals surface area contributed by atoms with E-state index in [0.29, 0.717) is 11.3 Å². The normalized spacial score (nSPS) is 11.5. The van der Waals surface area contributed by atoms with Crippen LogP contribution in [0.5, 0.6) is 0 Å². The van der Waals surface area contributed by atoms with Crippen molar-refractivity contribution in [2.45, 2.75) is 20.5 Å². The summed E-state index contributed by atoms with van der Waals surface area (Å²) in [6.07, 6.45) is 0. The zero-order valence-electron chi connectivity index (χ0n) is 17.3. The smallest absolute Gasteiger partial charge is 0.145 e. The van der Waals surface area contributed by atoms with Crippen LogP contribution in [0.1, 0.15) is 23.7 Å². The number of aromatic nitrogens is 1. The first-order valence-electron chi connectivity index (χ1n) is 9.98. The van der Waals surface area contributed by atoms with Crippen molar-refractivity contribution in [1.82, 2.24) is 4.57 Å². The summed E-state index contributed by atoms with van der Waals surface area (Å²) in [7, 11) is 0. The van der Waals surface area contributed by atoms with Gasteiger partial charge in [0.15, 0.2) is 0 Å². The van der Waals surface area contributed by atoms with Crippen LogP contribution in [-0.4, -0.2) is 10.3 Å². The van der Waals surface area contributed by atoms with Gasteiger partial charge in [0.2, 0.25) is 0 Å². The van der Waals surface area contributed by atoms with E-state index in [9.17, 15) is 8.78 Å². The molecular weight excluding hydrogens is 394 g/mol. The van der Waals surface area contributed by atoms with Crippen LogP contribution in [0.3, 0.4) is 0 Å². The van der Waals surface area contributed by atoms with Crippen LogP contribution >= 0.6 is 0 Å². The number of para-hydroxylation sites is 1. The Morgan fingerprint density at radius 3 is 2.29 bits per heavy atom. The fourth-order valence-electron chi connectivity index (χ4n) is 3.58. The molecule has 0 aliphatic carbocycles. The number of benzene rings is 3. The summed E-state index contributed by atoms with van der Waals surface area (Å²) in [5, 5.41) is 4.22. The average Bonchev–Trinajstić information content (AvgIpc) is 3.13. The second-order valence-corrected chi connectivity index (χ2v) is 7.25. The molecule has 0 saturated heterocycles. The predicted molar refractivity (Wildman–Crippen MR) is 119 cm³/mol. The lowest BCUT2D eigenvalue weighted by atomic mass is 10.1.